The van der Waals surface area contributed by atoms with Gasteiger partial charge in [-0.1, -0.05) is 0 Å². The minimum atomic E-state index is 1.13. The van der Waals surface area contributed by atoms with Crippen molar-refractivity contribution in [1.29, 1.82) is 0 Å². The van der Waals surface area contributed by atoms with E-state index in [0.29, 0.717) is 0 Å². The first-order valence-corrected chi connectivity index (χ1v) is 4.62. The van der Waals surface area contributed by atoms with Crippen LogP contribution in [0.1, 0.15) is 25.7 Å². The minimum absolute atomic E-state index is 1.13. The van der Waals surface area contributed by atoms with Gasteiger partial charge < -0.3 is 10.6 Å². The molecular formula is C9H16N2. The van der Waals surface area contributed by atoms with Crippen LogP contribution in [0.5, 0.6) is 0 Å². The van der Waals surface area contributed by atoms with Crippen molar-refractivity contribution in [3.05, 3.63) is 11.3 Å². The largest absolute Gasteiger partial charge is 0.388 e. The third-order valence-corrected chi connectivity index (χ3v) is 2.56. The summed E-state index contributed by atoms with van der Waals surface area (Å²) in [5.74, 6) is 0. The summed E-state index contributed by atoms with van der Waals surface area (Å²) < 4.78 is 0. The normalized spacial score (nSPS) is 25.5. The lowest BCUT2D eigenvalue weighted by atomic mass is 10.0. The first kappa shape index (κ1) is 7.17. The summed E-state index contributed by atoms with van der Waals surface area (Å²) >= 11 is 0. The first-order valence-electron chi connectivity index (χ1n) is 4.62. The molecule has 2 heteroatoms. The molecule has 0 aromatic heterocycles. The van der Waals surface area contributed by atoms with Crippen molar-refractivity contribution in [1.82, 2.24) is 10.6 Å². The summed E-state index contributed by atoms with van der Waals surface area (Å²) in [5, 5.41) is 6.94. The highest BCUT2D eigenvalue weighted by atomic mass is 14.9. The van der Waals surface area contributed by atoms with Crippen molar-refractivity contribution in [3.8, 4) is 0 Å². The molecule has 0 saturated carbocycles. The summed E-state index contributed by atoms with van der Waals surface area (Å²) in [5.41, 5.74) is 3.18. The number of rotatable bonds is 0. The van der Waals surface area contributed by atoms with Crippen molar-refractivity contribution in [2.45, 2.75) is 25.7 Å². The summed E-state index contributed by atoms with van der Waals surface area (Å²) in [7, 11) is 0. The van der Waals surface area contributed by atoms with Crippen LogP contribution < -0.4 is 10.6 Å². The lowest BCUT2D eigenvalue weighted by molar-refractivity contribution is 0.630. The molecule has 62 valence electrons. The van der Waals surface area contributed by atoms with E-state index in [-0.39, 0.29) is 0 Å². The quantitative estimate of drug-likeness (QED) is 0.541. The Kier molecular flexibility index (Phi) is 2.13. The molecule has 11 heavy (non-hydrogen) atoms. The van der Waals surface area contributed by atoms with Gasteiger partial charge in [0.15, 0.2) is 0 Å². The van der Waals surface area contributed by atoms with E-state index in [1.807, 2.05) is 0 Å². The number of hydrogen-bond acceptors (Lipinski definition) is 2. The van der Waals surface area contributed by atoms with E-state index in [1.165, 1.54) is 32.2 Å². The number of hydrogen-bond donors (Lipinski definition) is 2. The summed E-state index contributed by atoms with van der Waals surface area (Å²) in [4.78, 5) is 0. The van der Waals surface area contributed by atoms with Gasteiger partial charge in [0.1, 0.15) is 0 Å². The van der Waals surface area contributed by atoms with Gasteiger partial charge in [-0.3, -0.25) is 0 Å². The van der Waals surface area contributed by atoms with Gasteiger partial charge in [0.2, 0.25) is 0 Å². The van der Waals surface area contributed by atoms with E-state index in [9.17, 15) is 0 Å². The van der Waals surface area contributed by atoms with Crippen LogP contribution in [0.15, 0.2) is 11.3 Å². The van der Waals surface area contributed by atoms with E-state index in [0.717, 1.165) is 13.1 Å². The second-order valence-corrected chi connectivity index (χ2v) is 3.39. The Morgan fingerprint density at radius 2 is 2.00 bits per heavy atom. The zero-order valence-electron chi connectivity index (χ0n) is 6.95. The lowest BCUT2D eigenvalue weighted by Gasteiger charge is -2.19. The molecule has 2 nitrogen and oxygen atoms in total. The molecule has 0 saturated heterocycles. The van der Waals surface area contributed by atoms with E-state index in [1.54, 1.807) is 11.3 Å². The molecule has 0 radical (unpaired) electrons. The zero-order chi connectivity index (χ0) is 7.52. The minimum Gasteiger partial charge on any atom is -0.388 e. The second kappa shape index (κ2) is 3.26. The number of nitrogens with one attached hydrogen (secondary N) is 2. The van der Waals surface area contributed by atoms with Gasteiger partial charge in [0.25, 0.3) is 0 Å². The van der Waals surface area contributed by atoms with Gasteiger partial charge in [0.05, 0.1) is 0 Å². The van der Waals surface area contributed by atoms with Crippen molar-refractivity contribution < 1.29 is 0 Å². The van der Waals surface area contributed by atoms with Crippen molar-refractivity contribution >= 4 is 0 Å². The summed E-state index contributed by atoms with van der Waals surface area (Å²) in [6.07, 6.45) is 5.24. The molecule has 2 heterocycles. The van der Waals surface area contributed by atoms with Gasteiger partial charge in [-0.05, 0) is 31.3 Å². The highest BCUT2D eigenvalue weighted by Gasteiger charge is 2.13. The Morgan fingerprint density at radius 3 is 3.00 bits per heavy atom. The Labute approximate surface area is 68.1 Å². The fourth-order valence-electron chi connectivity index (χ4n) is 1.89. The van der Waals surface area contributed by atoms with Crippen LogP contribution in [0, 0.1) is 0 Å². The molecule has 2 N–H and O–H groups in total. The Morgan fingerprint density at radius 1 is 1.00 bits per heavy atom. The van der Waals surface area contributed by atoms with Gasteiger partial charge >= 0.3 is 0 Å². The Balaban J connectivity index is 2.10. The van der Waals surface area contributed by atoms with Gasteiger partial charge in [-0.15, -0.1) is 0 Å². The zero-order valence-corrected chi connectivity index (χ0v) is 6.95. The van der Waals surface area contributed by atoms with E-state index >= 15 is 0 Å². The van der Waals surface area contributed by atoms with E-state index in [4.69, 9.17) is 0 Å². The van der Waals surface area contributed by atoms with Crippen molar-refractivity contribution in [2.75, 3.05) is 19.6 Å². The Bertz CT molecular complexity index is 154. The van der Waals surface area contributed by atoms with Crippen LogP contribution in [0.2, 0.25) is 0 Å². The topological polar surface area (TPSA) is 24.1 Å². The van der Waals surface area contributed by atoms with Crippen LogP contribution in [-0.2, 0) is 0 Å². The molecule has 0 aliphatic carbocycles. The van der Waals surface area contributed by atoms with E-state index < -0.39 is 0 Å². The maximum atomic E-state index is 3.52. The average Bonchev–Trinajstić information content (AvgIpc) is 2.28. The van der Waals surface area contributed by atoms with Gasteiger partial charge in [-0.2, -0.15) is 0 Å². The molecule has 0 fully saturated rings. The van der Waals surface area contributed by atoms with Crippen LogP contribution in [0.3, 0.4) is 0 Å². The monoisotopic (exact) mass is 152 g/mol. The maximum Gasteiger partial charge on any atom is 0.0184 e. The van der Waals surface area contributed by atoms with Gasteiger partial charge in [0, 0.05) is 25.3 Å². The molecule has 2 aliphatic heterocycles. The van der Waals surface area contributed by atoms with Gasteiger partial charge in [-0.25, -0.2) is 0 Å². The molecule has 0 aromatic carbocycles. The third-order valence-electron chi connectivity index (χ3n) is 2.56. The summed E-state index contributed by atoms with van der Waals surface area (Å²) in [6, 6.07) is 0. The van der Waals surface area contributed by atoms with E-state index in [2.05, 4.69) is 10.6 Å². The molecule has 2 rings (SSSR count). The maximum absolute atomic E-state index is 3.52. The fourth-order valence-corrected chi connectivity index (χ4v) is 1.89. The molecular weight excluding hydrogens is 136 g/mol. The predicted octanol–water partition coefficient (Wildman–Crippen LogP) is 1.01. The first-order chi connectivity index (χ1) is 5.47. The standard InChI is InChI=1S/C9H16N2/c1-2-5-11-9-4-6-10-7-8(9)3-1/h10-11H,1-7H2. The molecule has 0 spiro atoms. The molecule has 0 bridgehead atoms. The van der Waals surface area contributed by atoms with Crippen LogP contribution in [0.4, 0.5) is 0 Å². The summed E-state index contributed by atoms with van der Waals surface area (Å²) in [6.45, 7) is 3.48. The average molecular weight is 152 g/mol. The second-order valence-electron chi connectivity index (χ2n) is 3.39. The lowest BCUT2D eigenvalue weighted by Crippen LogP contribution is -2.29. The predicted molar refractivity (Wildman–Crippen MR) is 46.4 cm³/mol. The van der Waals surface area contributed by atoms with Crippen LogP contribution in [0.25, 0.3) is 0 Å². The molecule has 0 aromatic rings. The van der Waals surface area contributed by atoms with Crippen molar-refractivity contribution in [3.63, 3.8) is 0 Å². The highest BCUT2D eigenvalue weighted by Crippen LogP contribution is 2.18. The van der Waals surface area contributed by atoms with Crippen molar-refractivity contribution in [2.24, 2.45) is 0 Å². The highest BCUT2D eigenvalue weighted by molar-refractivity contribution is 5.18. The Hall–Kier alpha value is -0.500. The van der Waals surface area contributed by atoms with Crippen LogP contribution >= 0.6 is 0 Å². The smallest absolute Gasteiger partial charge is 0.0184 e. The van der Waals surface area contributed by atoms with Crippen LogP contribution in [-0.4, -0.2) is 19.6 Å². The fraction of sp³-hybridized carbons (Fsp3) is 0.778. The SMILES string of the molecule is C1CCC2=C(CCNC2)NC1. The molecule has 0 unspecified atom stereocenters. The molecule has 0 amide bonds. The third kappa shape index (κ3) is 1.56. The molecule has 0 atom stereocenters. The molecule has 2 aliphatic rings.